The number of carboxylic acids is 1. The molecule has 0 radical (unpaired) electrons. The van der Waals surface area contributed by atoms with Crippen molar-refractivity contribution in [2.75, 3.05) is 12.0 Å². The number of amides is 1. The van der Waals surface area contributed by atoms with Crippen LogP contribution in [0.2, 0.25) is 0 Å². The third-order valence-corrected chi connectivity index (χ3v) is 6.36. The molecule has 0 aromatic heterocycles. The Morgan fingerprint density at radius 1 is 0.943 bits per heavy atom. The minimum absolute atomic E-state index is 0.00746. The second-order valence-corrected chi connectivity index (χ2v) is 9.29. The Kier molecular flexibility index (Phi) is 9.90. The van der Waals surface area contributed by atoms with Crippen LogP contribution in [0, 0.1) is 6.92 Å². The number of aliphatic hydroxyl groups is 1. The van der Waals surface area contributed by atoms with E-state index < -0.39 is 17.9 Å². The number of aryl methyl sites for hydroxylation is 1. The largest absolute Gasteiger partial charge is 0.480 e. The van der Waals surface area contributed by atoms with E-state index in [-0.39, 0.29) is 6.61 Å². The van der Waals surface area contributed by atoms with Crippen molar-refractivity contribution in [3.05, 3.63) is 94.5 Å². The van der Waals surface area contributed by atoms with Gasteiger partial charge in [0.1, 0.15) is 6.04 Å². The average molecular weight is 494 g/mol. The predicted molar refractivity (Wildman–Crippen MR) is 139 cm³/mol. The normalized spacial score (nSPS) is 11.7. The van der Waals surface area contributed by atoms with E-state index in [1.807, 2.05) is 73.8 Å². The molecule has 0 fully saturated rings. The topological polar surface area (TPSA) is 95.9 Å². The average Bonchev–Trinajstić information content (AvgIpc) is 2.87. The van der Waals surface area contributed by atoms with Crippen molar-refractivity contribution >= 4 is 23.6 Å². The zero-order chi connectivity index (χ0) is 25.2. The van der Waals surface area contributed by atoms with Crippen molar-refractivity contribution in [3.8, 4) is 11.1 Å². The summed E-state index contributed by atoms with van der Waals surface area (Å²) in [5.41, 5.74) is 5.85. The minimum atomic E-state index is -1.04. The summed E-state index contributed by atoms with van der Waals surface area (Å²) < 4.78 is 5.90. The second-order valence-electron chi connectivity index (χ2n) is 8.31. The molecule has 0 bridgehead atoms. The Hall–Kier alpha value is -3.13. The van der Waals surface area contributed by atoms with Gasteiger partial charge in [0.05, 0.1) is 19.8 Å². The third kappa shape index (κ3) is 7.42. The van der Waals surface area contributed by atoms with Gasteiger partial charge in [-0.15, -0.1) is 0 Å². The Morgan fingerprint density at radius 3 is 2.26 bits per heavy atom. The lowest BCUT2D eigenvalue weighted by Crippen LogP contribution is -2.41. The van der Waals surface area contributed by atoms with Gasteiger partial charge >= 0.3 is 5.97 Å². The molecular formula is C28H31NO5S. The van der Waals surface area contributed by atoms with Gasteiger partial charge in [-0.05, 0) is 70.9 Å². The van der Waals surface area contributed by atoms with Gasteiger partial charge in [-0.1, -0.05) is 54.6 Å². The standard InChI is InChI=1S/C28H31NO5S/c1-19-5-3-4-6-23(19)25-15-22(18-34-17-21-9-7-20(16-30)8-10-21)11-12-24(25)27(31)29-26(28(32)33)13-14-35-2/h3-12,15,26,30H,13-14,16-18H2,1-2H3,(H,29,31)(H,32,33). The van der Waals surface area contributed by atoms with E-state index in [9.17, 15) is 19.8 Å². The van der Waals surface area contributed by atoms with E-state index in [1.165, 1.54) is 0 Å². The zero-order valence-corrected chi connectivity index (χ0v) is 20.8. The quantitative estimate of drug-likeness (QED) is 0.335. The van der Waals surface area contributed by atoms with Crippen LogP contribution in [0.25, 0.3) is 11.1 Å². The van der Waals surface area contributed by atoms with Gasteiger partial charge in [0.25, 0.3) is 5.91 Å². The first kappa shape index (κ1) is 26.5. The number of nitrogens with one attached hydrogen (secondary N) is 1. The molecule has 0 spiro atoms. The number of ether oxygens (including phenoxy) is 1. The van der Waals surface area contributed by atoms with E-state index in [0.29, 0.717) is 31.0 Å². The first-order chi connectivity index (χ1) is 16.9. The maximum Gasteiger partial charge on any atom is 0.326 e. The molecule has 184 valence electrons. The molecule has 0 aliphatic carbocycles. The van der Waals surface area contributed by atoms with Gasteiger partial charge < -0.3 is 20.3 Å². The first-order valence-electron chi connectivity index (χ1n) is 11.4. The van der Waals surface area contributed by atoms with Crippen molar-refractivity contribution < 1.29 is 24.5 Å². The molecule has 0 aliphatic heterocycles. The van der Waals surface area contributed by atoms with Crippen molar-refractivity contribution in [1.29, 1.82) is 0 Å². The SMILES string of the molecule is CSCCC(NC(=O)c1ccc(COCc2ccc(CO)cc2)cc1-c1ccccc1C)C(=O)O. The van der Waals surface area contributed by atoms with Crippen LogP contribution < -0.4 is 5.32 Å². The molecule has 35 heavy (non-hydrogen) atoms. The summed E-state index contributed by atoms with van der Waals surface area (Å²) in [6.07, 6.45) is 2.26. The van der Waals surface area contributed by atoms with Gasteiger partial charge in [0.15, 0.2) is 0 Å². The number of carbonyl (C=O) groups is 2. The second kappa shape index (κ2) is 13.1. The number of thioether (sulfide) groups is 1. The zero-order valence-electron chi connectivity index (χ0n) is 20.0. The smallest absolute Gasteiger partial charge is 0.326 e. The molecule has 3 rings (SSSR count). The number of aliphatic hydroxyl groups excluding tert-OH is 1. The monoisotopic (exact) mass is 493 g/mol. The Labute approximate surface area is 210 Å². The maximum atomic E-state index is 13.2. The fraction of sp³-hybridized carbons (Fsp3) is 0.286. The van der Waals surface area contributed by atoms with Crippen LogP contribution in [-0.4, -0.2) is 40.1 Å². The highest BCUT2D eigenvalue weighted by molar-refractivity contribution is 7.98. The molecular weight excluding hydrogens is 462 g/mol. The molecule has 0 aliphatic rings. The number of rotatable bonds is 12. The number of carbonyl (C=O) groups excluding carboxylic acids is 1. The molecule has 0 saturated heterocycles. The lowest BCUT2D eigenvalue weighted by molar-refractivity contribution is -0.139. The number of hydrogen-bond donors (Lipinski definition) is 3. The molecule has 0 heterocycles. The molecule has 1 amide bonds. The van der Waals surface area contributed by atoms with Crippen LogP contribution >= 0.6 is 11.8 Å². The molecule has 3 N–H and O–H groups in total. The molecule has 0 saturated carbocycles. The molecule has 3 aromatic rings. The summed E-state index contributed by atoms with van der Waals surface area (Å²) in [5.74, 6) is -0.809. The summed E-state index contributed by atoms with van der Waals surface area (Å²) in [4.78, 5) is 24.8. The van der Waals surface area contributed by atoms with Crippen molar-refractivity contribution in [3.63, 3.8) is 0 Å². The number of carboxylic acid groups (broad SMARTS) is 1. The molecule has 1 atom stereocenters. The summed E-state index contributed by atoms with van der Waals surface area (Å²) in [5, 5.41) is 21.4. The Bertz CT molecular complexity index is 1150. The van der Waals surface area contributed by atoms with Gasteiger partial charge in [0, 0.05) is 5.56 Å². The van der Waals surface area contributed by atoms with E-state index in [1.54, 1.807) is 17.8 Å². The number of aliphatic carboxylic acids is 1. The van der Waals surface area contributed by atoms with Crippen molar-refractivity contribution in [1.82, 2.24) is 5.32 Å². The van der Waals surface area contributed by atoms with Crippen LogP contribution in [0.3, 0.4) is 0 Å². The Balaban J connectivity index is 1.82. The summed E-state index contributed by atoms with van der Waals surface area (Å²) in [6, 6.07) is 19.9. The summed E-state index contributed by atoms with van der Waals surface area (Å²) >= 11 is 1.54. The lowest BCUT2D eigenvalue weighted by atomic mass is 9.93. The van der Waals surface area contributed by atoms with Crippen LogP contribution in [0.1, 0.15) is 39.0 Å². The highest BCUT2D eigenvalue weighted by Crippen LogP contribution is 2.29. The van der Waals surface area contributed by atoms with E-state index in [0.717, 1.165) is 33.4 Å². The fourth-order valence-electron chi connectivity index (χ4n) is 3.73. The van der Waals surface area contributed by atoms with Gasteiger partial charge in [-0.25, -0.2) is 4.79 Å². The van der Waals surface area contributed by atoms with Crippen LogP contribution in [0.4, 0.5) is 0 Å². The summed E-state index contributed by atoms with van der Waals surface area (Å²) in [7, 11) is 0. The van der Waals surface area contributed by atoms with Gasteiger partial charge in [-0.3, -0.25) is 4.79 Å². The maximum absolute atomic E-state index is 13.2. The highest BCUT2D eigenvalue weighted by atomic mass is 32.2. The third-order valence-electron chi connectivity index (χ3n) is 5.72. The van der Waals surface area contributed by atoms with E-state index in [2.05, 4.69) is 5.32 Å². The Morgan fingerprint density at radius 2 is 1.60 bits per heavy atom. The van der Waals surface area contributed by atoms with E-state index >= 15 is 0 Å². The van der Waals surface area contributed by atoms with Crippen molar-refractivity contribution in [2.45, 2.75) is 39.2 Å². The molecule has 3 aromatic carbocycles. The predicted octanol–water partition coefficient (Wildman–Crippen LogP) is 4.81. The molecule has 7 heteroatoms. The van der Waals surface area contributed by atoms with Gasteiger partial charge in [0.2, 0.25) is 0 Å². The lowest BCUT2D eigenvalue weighted by Gasteiger charge is -2.18. The van der Waals surface area contributed by atoms with Crippen LogP contribution in [0.5, 0.6) is 0 Å². The highest BCUT2D eigenvalue weighted by Gasteiger charge is 2.22. The van der Waals surface area contributed by atoms with E-state index in [4.69, 9.17) is 4.74 Å². The van der Waals surface area contributed by atoms with Gasteiger partial charge in [-0.2, -0.15) is 11.8 Å². The molecule has 1 unspecified atom stereocenters. The minimum Gasteiger partial charge on any atom is -0.480 e. The molecule has 6 nitrogen and oxygen atoms in total. The van der Waals surface area contributed by atoms with Crippen LogP contribution in [-0.2, 0) is 29.4 Å². The first-order valence-corrected chi connectivity index (χ1v) is 12.8. The fourth-order valence-corrected chi connectivity index (χ4v) is 4.21. The summed E-state index contributed by atoms with van der Waals surface area (Å²) in [6.45, 7) is 2.76. The number of hydrogen-bond acceptors (Lipinski definition) is 5. The number of benzene rings is 3. The van der Waals surface area contributed by atoms with Crippen LogP contribution in [0.15, 0.2) is 66.7 Å². The van der Waals surface area contributed by atoms with Crippen molar-refractivity contribution in [2.24, 2.45) is 0 Å².